The summed E-state index contributed by atoms with van der Waals surface area (Å²) in [6.07, 6.45) is 3.48. The van der Waals surface area contributed by atoms with Crippen LogP contribution in [0.1, 0.15) is 37.6 Å². The molecule has 0 aromatic carbocycles. The number of hydrogen-bond acceptors (Lipinski definition) is 6. The lowest BCUT2D eigenvalue weighted by atomic mass is 9.86. The molecule has 0 atom stereocenters. The molecule has 2 aliphatic rings. The van der Waals surface area contributed by atoms with E-state index in [0.717, 1.165) is 69.5 Å². The van der Waals surface area contributed by atoms with E-state index in [4.69, 9.17) is 4.52 Å². The number of aromatic nitrogens is 1. The average Bonchev–Trinajstić information content (AvgIpc) is 3.05. The highest BCUT2D eigenvalue weighted by molar-refractivity contribution is 14.0. The van der Waals surface area contributed by atoms with Crippen molar-refractivity contribution in [2.75, 3.05) is 51.6 Å². The van der Waals surface area contributed by atoms with E-state index in [-0.39, 0.29) is 36.3 Å². The Morgan fingerprint density at radius 3 is 2.60 bits per heavy atom. The second kappa shape index (κ2) is 12.2. The van der Waals surface area contributed by atoms with E-state index in [2.05, 4.69) is 30.0 Å². The minimum atomic E-state index is -3.26. The number of aryl methyl sites for hydroxylation is 1. The van der Waals surface area contributed by atoms with Crippen molar-refractivity contribution in [3.63, 3.8) is 0 Å². The number of nitrogens with one attached hydrogen (secondary N) is 2. The topological polar surface area (TPSA) is 103 Å². The Morgan fingerprint density at radius 1 is 1.30 bits per heavy atom. The largest absolute Gasteiger partial charge is 0.361 e. The standard InChI is InChI=1S/C19H34N6O3S.HI/c1-3-20-19(21-7-12-29(26,27)22-14-17-5-4-6-17)25-10-8-24(9-11-25)15-18-13-16(2)28-23-18;/h13,17,22H,3-12,14-15H2,1-2H3,(H,20,21);1H. The van der Waals surface area contributed by atoms with Crippen LogP contribution in [0.25, 0.3) is 0 Å². The van der Waals surface area contributed by atoms with E-state index in [1.54, 1.807) is 0 Å². The monoisotopic (exact) mass is 554 g/mol. The molecule has 30 heavy (non-hydrogen) atoms. The van der Waals surface area contributed by atoms with Crippen molar-refractivity contribution in [1.82, 2.24) is 25.0 Å². The fourth-order valence-corrected chi connectivity index (χ4v) is 4.52. The molecular formula is C19H35IN6O3S. The Balaban J connectivity index is 0.00000320. The van der Waals surface area contributed by atoms with Crippen LogP contribution in [0.5, 0.6) is 0 Å². The van der Waals surface area contributed by atoms with E-state index in [9.17, 15) is 8.42 Å². The normalized spacial score (nSPS) is 18.7. The molecule has 0 unspecified atom stereocenters. The summed E-state index contributed by atoms with van der Waals surface area (Å²) in [5.41, 5.74) is 0.955. The zero-order chi connectivity index (χ0) is 20.7. The van der Waals surface area contributed by atoms with Gasteiger partial charge >= 0.3 is 0 Å². The lowest BCUT2D eigenvalue weighted by Gasteiger charge is -2.36. The SMILES string of the molecule is CCNC(=NCCS(=O)(=O)NCC1CCC1)N1CCN(Cc2cc(C)on2)CC1.I. The smallest absolute Gasteiger partial charge is 0.213 e. The summed E-state index contributed by atoms with van der Waals surface area (Å²) in [7, 11) is -3.26. The maximum absolute atomic E-state index is 12.2. The van der Waals surface area contributed by atoms with Crippen molar-refractivity contribution in [2.45, 2.75) is 39.7 Å². The first-order chi connectivity index (χ1) is 13.9. The fourth-order valence-electron chi connectivity index (χ4n) is 3.55. The third kappa shape index (κ3) is 7.97. The van der Waals surface area contributed by atoms with Gasteiger partial charge in [-0.1, -0.05) is 11.6 Å². The molecule has 1 aliphatic carbocycles. The number of sulfonamides is 1. The highest BCUT2D eigenvalue weighted by Gasteiger charge is 2.22. The molecule has 2 fully saturated rings. The molecule has 2 N–H and O–H groups in total. The minimum absolute atomic E-state index is 0. The Kier molecular flexibility index (Phi) is 10.3. The number of piperazine rings is 1. The van der Waals surface area contributed by atoms with Crippen LogP contribution >= 0.6 is 24.0 Å². The molecule has 9 nitrogen and oxygen atoms in total. The number of nitrogens with zero attached hydrogens (tertiary/aromatic N) is 4. The lowest BCUT2D eigenvalue weighted by molar-refractivity contribution is 0.169. The van der Waals surface area contributed by atoms with Gasteiger partial charge in [0.15, 0.2) is 5.96 Å². The molecule has 1 saturated heterocycles. The van der Waals surface area contributed by atoms with Crippen LogP contribution in [-0.2, 0) is 16.6 Å². The second-order valence-corrected chi connectivity index (χ2v) is 9.82. The first-order valence-corrected chi connectivity index (χ1v) is 12.3. The van der Waals surface area contributed by atoms with E-state index in [1.165, 1.54) is 6.42 Å². The first kappa shape index (κ1) is 25.3. The van der Waals surface area contributed by atoms with Crippen molar-refractivity contribution in [2.24, 2.45) is 10.9 Å². The number of rotatable bonds is 9. The van der Waals surface area contributed by atoms with Gasteiger partial charge < -0.3 is 14.7 Å². The zero-order valence-electron chi connectivity index (χ0n) is 18.0. The molecule has 1 aliphatic heterocycles. The summed E-state index contributed by atoms with van der Waals surface area (Å²) in [4.78, 5) is 9.10. The predicted octanol–water partition coefficient (Wildman–Crippen LogP) is 1.40. The van der Waals surface area contributed by atoms with Gasteiger partial charge in [0.25, 0.3) is 0 Å². The molecule has 1 aromatic rings. The van der Waals surface area contributed by atoms with E-state index < -0.39 is 10.0 Å². The molecular weight excluding hydrogens is 519 g/mol. The highest BCUT2D eigenvalue weighted by atomic mass is 127. The van der Waals surface area contributed by atoms with Gasteiger partial charge in [-0.3, -0.25) is 9.89 Å². The van der Waals surface area contributed by atoms with Crippen LogP contribution < -0.4 is 10.0 Å². The molecule has 1 saturated carbocycles. The van der Waals surface area contributed by atoms with Crippen LogP contribution in [0, 0.1) is 12.8 Å². The highest BCUT2D eigenvalue weighted by Crippen LogP contribution is 2.25. The van der Waals surface area contributed by atoms with Gasteiger partial charge in [-0.25, -0.2) is 13.1 Å². The number of hydrogen-bond donors (Lipinski definition) is 2. The van der Waals surface area contributed by atoms with Crippen LogP contribution in [0.15, 0.2) is 15.6 Å². The molecule has 0 bridgehead atoms. The Hall–Kier alpha value is -0.920. The quantitative estimate of drug-likeness (QED) is 0.270. The molecule has 0 radical (unpaired) electrons. The summed E-state index contributed by atoms with van der Waals surface area (Å²) in [5.74, 6) is 2.17. The van der Waals surface area contributed by atoms with Gasteiger partial charge in [-0.05, 0) is 32.6 Å². The summed E-state index contributed by atoms with van der Waals surface area (Å²) in [5, 5.41) is 7.35. The third-order valence-electron chi connectivity index (χ3n) is 5.51. The molecule has 2 heterocycles. The molecule has 1 aromatic heterocycles. The summed E-state index contributed by atoms with van der Waals surface area (Å²) >= 11 is 0. The second-order valence-electron chi connectivity index (χ2n) is 7.89. The molecule has 0 spiro atoms. The Morgan fingerprint density at radius 2 is 2.03 bits per heavy atom. The van der Waals surface area contributed by atoms with Crippen LogP contribution in [0.4, 0.5) is 0 Å². The minimum Gasteiger partial charge on any atom is -0.361 e. The average molecular weight is 554 g/mol. The van der Waals surface area contributed by atoms with Crippen LogP contribution in [0.2, 0.25) is 0 Å². The molecule has 0 amide bonds. The summed E-state index contributed by atoms with van der Waals surface area (Å²) in [6.45, 7) is 9.78. The summed E-state index contributed by atoms with van der Waals surface area (Å²) in [6, 6.07) is 1.97. The summed E-state index contributed by atoms with van der Waals surface area (Å²) < 4.78 is 32.2. The van der Waals surface area contributed by atoms with E-state index >= 15 is 0 Å². The van der Waals surface area contributed by atoms with Crippen molar-refractivity contribution >= 4 is 40.0 Å². The van der Waals surface area contributed by atoms with Gasteiger partial charge in [0.1, 0.15) is 5.76 Å². The first-order valence-electron chi connectivity index (χ1n) is 10.6. The van der Waals surface area contributed by atoms with E-state index in [0.29, 0.717) is 12.5 Å². The van der Waals surface area contributed by atoms with Gasteiger partial charge in [0.05, 0.1) is 18.0 Å². The van der Waals surface area contributed by atoms with Crippen molar-refractivity contribution in [1.29, 1.82) is 0 Å². The van der Waals surface area contributed by atoms with Crippen molar-refractivity contribution in [3.8, 4) is 0 Å². The fraction of sp³-hybridized carbons (Fsp3) is 0.789. The number of halogens is 1. The maximum Gasteiger partial charge on any atom is 0.213 e. The van der Waals surface area contributed by atoms with E-state index in [1.807, 2.05) is 19.9 Å². The maximum atomic E-state index is 12.2. The number of guanidine groups is 1. The van der Waals surface area contributed by atoms with Crippen molar-refractivity contribution in [3.05, 3.63) is 17.5 Å². The zero-order valence-corrected chi connectivity index (χ0v) is 21.1. The van der Waals surface area contributed by atoms with Gasteiger partial charge in [0, 0.05) is 51.9 Å². The van der Waals surface area contributed by atoms with Gasteiger partial charge in [0.2, 0.25) is 10.0 Å². The Bertz CT molecular complexity index is 773. The van der Waals surface area contributed by atoms with Crippen LogP contribution in [0.3, 0.4) is 0 Å². The van der Waals surface area contributed by atoms with Crippen molar-refractivity contribution < 1.29 is 12.9 Å². The molecule has 3 rings (SSSR count). The van der Waals surface area contributed by atoms with Gasteiger partial charge in [-0.2, -0.15) is 0 Å². The molecule has 11 heteroatoms. The number of aliphatic imine (C=N–C) groups is 1. The molecule has 172 valence electrons. The van der Waals surface area contributed by atoms with Crippen LogP contribution in [-0.4, -0.2) is 80.9 Å². The third-order valence-corrected chi connectivity index (χ3v) is 6.83. The predicted molar refractivity (Wildman–Crippen MR) is 129 cm³/mol. The van der Waals surface area contributed by atoms with Gasteiger partial charge in [-0.15, -0.1) is 24.0 Å². The Labute approximate surface area is 197 Å². The lowest BCUT2D eigenvalue weighted by Crippen LogP contribution is -2.52.